The molecule has 176 valence electrons. The van der Waals surface area contributed by atoms with Crippen LogP contribution in [0.4, 0.5) is 0 Å². The Morgan fingerprint density at radius 1 is 0.943 bits per heavy atom. The summed E-state index contributed by atoms with van der Waals surface area (Å²) in [6, 6.07) is 17.9. The van der Waals surface area contributed by atoms with Gasteiger partial charge >= 0.3 is 0 Å². The Morgan fingerprint density at radius 2 is 1.74 bits per heavy atom. The molecule has 0 saturated heterocycles. The van der Waals surface area contributed by atoms with Crippen molar-refractivity contribution in [2.45, 2.75) is 59.3 Å². The Hall–Kier alpha value is -3.04. The van der Waals surface area contributed by atoms with Crippen molar-refractivity contribution in [3.63, 3.8) is 0 Å². The molecule has 0 fully saturated rings. The number of benzene rings is 2. The first-order valence-corrected chi connectivity index (χ1v) is 13.5. The molecule has 0 atom stereocenters. The zero-order valence-electron chi connectivity index (χ0n) is 21.3. The molecule has 0 radical (unpaired) electrons. The molecule has 2 nitrogen and oxygen atoms in total. The van der Waals surface area contributed by atoms with Crippen molar-refractivity contribution in [3.05, 3.63) is 82.6 Å². The largest absolute Gasteiger partial charge is 0.261 e. The van der Waals surface area contributed by atoms with E-state index in [-0.39, 0.29) is 5.41 Å². The predicted molar refractivity (Wildman–Crippen MR) is 150 cm³/mol. The average molecular weight is 477 g/mol. The predicted octanol–water partition coefficient (Wildman–Crippen LogP) is 8.77. The first-order valence-electron chi connectivity index (χ1n) is 12.7. The van der Waals surface area contributed by atoms with E-state index in [0.717, 1.165) is 25.0 Å². The van der Waals surface area contributed by atoms with Gasteiger partial charge in [0.15, 0.2) is 0 Å². The summed E-state index contributed by atoms with van der Waals surface area (Å²) in [4.78, 5) is 11.3. The van der Waals surface area contributed by atoms with Gasteiger partial charge in [-0.15, -0.1) is 11.3 Å². The topological polar surface area (TPSA) is 25.8 Å². The first-order chi connectivity index (χ1) is 16.8. The molecule has 3 heteroatoms. The van der Waals surface area contributed by atoms with Crippen LogP contribution in [0.5, 0.6) is 0 Å². The van der Waals surface area contributed by atoms with Crippen LogP contribution in [0, 0.1) is 5.92 Å². The van der Waals surface area contributed by atoms with Gasteiger partial charge in [-0.2, -0.15) is 0 Å². The van der Waals surface area contributed by atoms with Crippen LogP contribution in [0.1, 0.15) is 56.3 Å². The van der Waals surface area contributed by atoms with E-state index in [9.17, 15) is 0 Å². The summed E-state index contributed by atoms with van der Waals surface area (Å²) in [7, 11) is 0. The van der Waals surface area contributed by atoms with E-state index in [1.165, 1.54) is 59.2 Å². The maximum Gasteiger partial charge on any atom is 0.0795 e. The number of hydrogen-bond acceptors (Lipinski definition) is 3. The maximum atomic E-state index is 5.02. The molecular weight excluding hydrogens is 444 g/mol. The summed E-state index contributed by atoms with van der Waals surface area (Å²) >= 11 is 1.94. The molecule has 0 spiro atoms. The number of rotatable bonds is 3. The quantitative estimate of drug-likeness (QED) is 0.260. The van der Waals surface area contributed by atoms with Gasteiger partial charge in [-0.3, -0.25) is 9.97 Å². The molecule has 0 amide bonds. The molecular formula is C32H32N2S. The van der Waals surface area contributed by atoms with Crippen molar-refractivity contribution in [1.82, 2.24) is 9.97 Å². The number of thiophene rings is 1. The fourth-order valence-corrected chi connectivity index (χ4v) is 6.90. The number of aromatic nitrogens is 2. The molecule has 6 rings (SSSR count). The minimum absolute atomic E-state index is 0.0433. The zero-order valence-corrected chi connectivity index (χ0v) is 22.1. The molecule has 2 aromatic carbocycles. The highest BCUT2D eigenvalue weighted by atomic mass is 32.1. The number of fused-ring (bicyclic) bond motifs is 6. The van der Waals surface area contributed by atoms with E-state index in [2.05, 4.69) is 83.1 Å². The van der Waals surface area contributed by atoms with Gasteiger partial charge in [-0.1, -0.05) is 58.9 Å². The Bertz CT molecular complexity index is 1580. The molecule has 35 heavy (non-hydrogen) atoms. The fraction of sp³-hybridized carbons (Fsp3) is 0.312. The SMILES string of the molecule is CC(C)Cc1nccc2c1CCc1sc3ccnc(-c4cc(C(C)(C)C)c5ccccc5c4)c3c1-2. The van der Waals surface area contributed by atoms with Gasteiger partial charge in [0.25, 0.3) is 0 Å². The van der Waals surface area contributed by atoms with Crippen LogP contribution in [0.2, 0.25) is 0 Å². The lowest BCUT2D eigenvalue weighted by atomic mass is 9.81. The van der Waals surface area contributed by atoms with E-state index in [1.807, 2.05) is 23.7 Å². The second kappa shape index (κ2) is 8.27. The van der Waals surface area contributed by atoms with E-state index in [1.54, 1.807) is 0 Å². The third kappa shape index (κ3) is 3.77. The van der Waals surface area contributed by atoms with Crippen LogP contribution in [0.3, 0.4) is 0 Å². The van der Waals surface area contributed by atoms with Gasteiger partial charge in [0.05, 0.1) is 5.69 Å². The smallest absolute Gasteiger partial charge is 0.0795 e. The molecule has 0 bridgehead atoms. The Kier molecular flexibility index (Phi) is 5.30. The summed E-state index contributed by atoms with van der Waals surface area (Å²) < 4.78 is 1.33. The van der Waals surface area contributed by atoms with Crippen LogP contribution in [-0.4, -0.2) is 9.97 Å². The monoisotopic (exact) mass is 476 g/mol. The van der Waals surface area contributed by atoms with Gasteiger partial charge in [0.2, 0.25) is 0 Å². The summed E-state index contributed by atoms with van der Waals surface area (Å²) in [5, 5.41) is 3.92. The Balaban J connectivity index is 1.64. The summed E-state index contributed by atoms with van der Waals surface area (Å²) in [5.41, 5.74) is 9.21. The summed E-state index contributed by atoms with van der Waals surface area (Å²) in [6.07, 6.45) is 7.20. The molecule has 3 aromatic heterocycles. The third-order valence-corrected chi connectivity index (χ3v) is 8.45. The van der Waals surface area contributed by atoms with Gasteiger partial charge in [0.1, 0.15) is 0 Å². The highest BCUT2D eigenvalue weighted by Gasteiger charge is 2.27. The number of aryl methyl sites for hydroxylation is 1. The van der Waals surface area contributed by atoms with Crippen LogP contribution in [0.25, 0.3) is 43.2 Å². The van der Waals surface area contributed by atoms with Crippen molar-refractivity contribution in [2.24, 2.45) is 5.92 Å². The van der Waals surface area contributed by atoms with Crippen molar-refractivity contribution in [3.8, 4) is 22.4 Å². The molecule has 0 saturated carbocycles. The third-order valence-electron chi connectivity index (χ3n) is 7.24. The summed E-state index contributed by atoms with van der Waals surface area (Å²) in [5.74, 6) is 0.597. The van der Waals surface area contributed by atoms with Crippen LogP contribution in [0.15, 0.2) is 60.9 Å². The second-order valence-electron chi connectivity index (χ2n) is 11.3. The Morgan fingerprint density at radius 3 is 2.54 bits per heavy atom. The van der Waals surface area contributed by atoms with Crippen LogP contribution in [-0.2, 0) is 24.7 Å². The number of hydrogen-bond donors (Lipinski definition) is 0. The molecule has 0 N–H and O–H groups in total. The van der Waals surface area contributed by atoms with Crippen LogP contribution >= 0.6 is 11.3 Å². The van der Waals surface area contributed by atoms with Crippen LogP contribution < -0.4 is 0 Å². The molecule has 1 aliphatic rings. The van der Waals surface area contributed by atoms with Gasteiger partial charge < -0.3 is 0 Å². The van der Waals surface area contributed by atoms with Crippen molar-refractivity contribution < 1.29 is 0 Å². The number of nitrogens with zero attached hydrogens (tertiary/aromatic N) is 2. The lowest BCUT2D eigenvalue weighted by molar-refractivity contribution is 0.596. The first kappa shape index (κ1) is 22.4. The van der Waals surface area contributed by atoms with Crippen molar-refractivity contribution >= 4 is 32.2 Å². The normalized spacial score (nSPS) is 13.4. The molecule has 3 heterocycles. The van der Waals surface area contributed by atoms with E-state index < -0.39 is 0 Å². The molecule has 0 unspecified atom stereocenters. The maximum absolute atomic E-state index is 5.02. The lowest BCUT2D eigenvalue weighted by Gasteiger charge is -2.23. The van der Waals surface area contributed by atoms with Gasteiger partial charge in [-0.25, -0.2) is 0 Å². The van der Waals surface area contributed by atoms with Crippen molar-refractivity contribution in [2.75, 3.05) is 0 Å². The molecule has 1 aliphatic carbocycles. The summed E-state index contributed by atoms with van der Waals surface area (Å²) in [6.45, 7) is 11.5. The Labute approximate surface area is 212 Å². The van der Waals surface area contributed by atoms with Gasteiger partial charge in [0, 0.05) is 44.2 Å². The van der Waals surface area contributed by atoms with Gasteiger partial charge in [-0.05, 0) is 82.3 Å². The minimum Gasteiger partial charge on any atom is -0.261 e. The van der Waals surface area contributed by atoms with E-state index in [0.29, 0.717) is 5.92 Å². The number of pyridine rings is 2. The highest BCUT2D eigenvalue weighted by Crippen LogP contribution is 2.48. The molecule has 5 aromatic rings. The second-order valence-corrected chi connectivity index (χ2v) is 12.4. The minimum atomic E-state index is 0.0433. The average Bonchev–Trinajstić information content (AvgIpc) is 3.22. The van der Waals surface area contributed by atoms with Crippen molar-refractivity contribution in [1.29, 1.82) is 0 Å². The van der Waals surface area contributed by atoms with E-state index >= 15 is 0 Å². The fourth-order valence-electron chi connectivity index (χ4n) is 5.69. The molecule has 0 aliphatic heterocycles. The lowest BCUT2D eigenvalue weighted by Crippen LogP contribution is -2.12. The van der Waals surface area contributed by atoms with E-state index in [4.69, 9.17) is 9.97 Å². The zero-order chi connectivity index (χ0) is 24.3. The highest BCUT2D eigenvalue weighted by molar-refractivity contribution is 7.19. The standard InChI is InChI=1S/C32H32N2S/c1-19(2)16-26-23-10-11-27-29(24(23)12-14-33-26)30-28(35-27)13-15-34-31(30)21-17-20-8-6-7-9-22(20)25(18-21)32(3,4)5/h6-9,12-15,17-19H,10-11,16H2,1-5H3.